The van der Waals surface area contributed by atoms with Gasteiger partial charge in [-0.05, 0) is 43.2 Å². The second-order valence-electron chi connectivity index (χ2n) is 6.11. The van der Waals surface area contributed by atoms with E-state index in [4.69, 9.17) is 16.3 Å². The summed E-state index contributed by atoms with van der Waals surface area (Å²) in [6.45, 7) is 3.41. The lowest BCUT2D eigenvalue weighted by molar-refractivity contribution is 0.115. The number of aryl methyl sites for hydroxylation is 1. The summed E-state index contributed by atoms with van der Waals surface area (Å²) in [5.74, 6) is 1.74. The van der Waals surface area contributed by atoms with Crippen molar-refractivity contribution in [3.8, 4) is 0 Å². The minimum atomic E-state index is 0. The molecule has 1 fully saturated rings. The molecular formula is C18H29ClIN3O. The van der Waals surface area contributed by atoms with Crippen LogP contribution < -0.4 is 5.32 Å². The molecule has 1 aromatic carbocycles. The predicted octanol–water partition coefficient (Wildman–Crippen LogP) is 3.82. The van der Waals surface area contributed by atoms with Gasteiger partial charge in [0.2, 0.25) is 0 Å². The van der Waals surface area contributed by atoms with Gasteiger partial charge in [0.25, 0.3) is 0 Å². The van der Waals surface area contributed by atoms with Crippen molar-refractivity contribution in [2.45, 2.75) is 25.7 Å². The van der Waals surface area contributed by atoms with E-state index < -0.39 is 0 Å². The van der Waals surface area contributed by atoms with Crippen LogP contribution in [0.15, 0.2) is 29.3 Å². The molecule has 0 bridgehead atoms. The van der Waals surface area contributed by atoms with Crippen molar-refractivity contribution in [2.75, 3.05) is 40.4 Å². The van der Waals surface area contributed by atoms with Crippen molar-refractivity contribution >= 4 is 41.5 Å². The first kappa shape index (κ1) is 21.5. The second kappa shape index (κ2) is 11.9. The summed E-state index contributed by atoms with van der Waals surface area (Å²) in [6.07, 6.45) is 4.67. The molecule has 4 nitrogen and oxygen atoms in total. The molecule has 136 valence electrons. The molecule has 0 aliphatic heterocycles. The predicted molar refractivity (Wildman–Crippen MR) is 113 cm³/mol. The highest BCUT2D eigenvalue weighted by atomic mass is 127. The number of benzene rings is 1. The zero-order valence-electron chi connectivity index (χ0n) is 14.6. The van der Waals surface area contributed by atoms with E-state index in [0.29, 0.717) is 0 Å². The van der Waals surface area contributed by atoms with Crippen LogP contribution in [0.4, 0.5) is 0 Å². The molecule has 0 saturated heterocycles. The van der Waals surface area contributed by atoms with Crippen LogP contribution in [0.5, 0.6) is 0 Å². The number of hydrogen-bond donors (Lipinski definition) is 1. The Balaban J connectivity index is 0.00000288. The summed E-state index contributed by atoms with van der Waals surface area (Å²) in [7, 11) is 3.86. The van der Waals surface area contributed by atoms with Crippen LogP contribution in [0.3, 0.4) is 0 Å². The average Bonchev–Trinajstić information content (AvgIpc) is 3.37. The number of hydrogen-bond acceptors (Lipinski definition) is 2. The Morgan fingerprint density at radius 3 is 2.79 bits per heavy atom. The van der Waals surface area contributed by atoms with E-state index in [9.17, 15) is 0 Å². The van der Waals surface area contributed by atoms with Gasteiger partial charge in [0, 0.05) is 38.8 Å². The molecule has 1 aliphatic rings. The van der Waals surface area contributed by atoms with E-state index in [1.54, 1.807) is 0 Å². The van der Waals surface area contributed by atoms with Gasteiger partial charge in [-0.25, -0.2) is 0 Å². The van der Waals surface area contributed by atoms with Crippen LogP contribution >= 0.6 is 35.6 Å². The highest BCUT2D eigenvalue weighted by molar-refractivity contribution is 14.0. The number of guanidine groups is 1. The van der Waals surface area contributed by atoms with Crippen molar-refractivity contribution in [2.24, 2.45) is 10.9 Å². The largest absolute Gasteiger partial charge is 0.379 e. The third-order valence-corrected chi connectivity index (χ3v) is 4.43. The fraction of sp³-hybridized carbons (Fsp3) is 0.611. The monoisotopic (exact) mass is 465 g/mol. The lowest BCUT2D eigenvalue weighted by Gasteiger charge is -2.22. The number of likely N-dealkylation sites (N-methyl/N-ethyl adjacent to an activating group) is 1. The van der Waals surface area contributed by atoms with Gasteiger partial charge >= 0.3 is 0 Å². The van der Waals surface area contributed by atoms with Gasteiger partial charge in [-0.15, -0.1) is 24.0 Å². The Bertz CT molecular complexity index is 509. The van der Waals surface area contributed by atoms with E-state index >= 15 is 0 Å². The normalized spacial score (nSPS) is 14.2. The first-order valence-electron chi connectivity index (χ1n) is 8.43. The lowest BCUT2D eigenvalue weighted by Crippen LogP contribution is -2.41. The third-order valence-electron chi connectivity index (χ3n) is 4.06. The molecular weight excluding hydrogens is 437 g/mol. The Kier molecular flexibility index (Phi) is 10.7. The molecule has 1 aromatic rings. The molecule has 2 rings (SSSR count). The van der Waals surface area contributed by atoms with Gasteiger partial charge < -0.3 is 15.0 Å². The zero-order chi connectivity index (χ0) is 16.5. The molecule has 0 radical (unpaired) electrons. The quantitative estimate of drug-likeness (QED) is 0.261. The number of halogens is 2. The van der Waals surface area contributed by atoms with Crippen molar-refractivity contribution < 1.29 is 4.74 Å². The molecule has 0 amide bonds. The molecule has 0 aromatic heterocycles. The van der Waals surface area contributed by atoms with Crippen LogP contribution in [-0.4, -0.2) is 51.3 Å². The fourth-order valence-corrected chi connectivity index (χ4v) is 2.64. The Hall–Kier alpha value is -0.530. The first-order valence-corrected chi connectivity index (χ1v) is 8.81. The van der Waals surface area contributed by atoms with Gasteiger partial charge in [0.05, 0.1) is 6.61 Å². The lowest BCUT2D eigenvalue weighted by atomic mass is 10.1. The maximum absolute atomic E-state index is 6.17. The summed E-state index contributed by atoms with van der Waals surface area (Å²) in [5, 5.41) is 4.25. The van der Waals surface area contributed by atoms with Gasteiger partial charge in [0.1, 0.15) is 0 Å². The smallest absolute Gasteiger partial charge is 0.193 e. The summed E-state index contributed by atoms with van der Waals surface area (Å²) in [5.41, 5.74) is 1.20. The summed E-state index contributed by atoms with van der Waals surface area (Å²) in [4.78, 5) is 6.44. The van der Waals surface area contributed by atoms with Crippen molar-refractivity contribution in [3.05, 3.63) is 34.9 Å². The van der Waals surface area contributed by atoms with E-state index in [2.05, 4.69) is 21.3 Å². The molecule has 0 heterocycles. The van der Waals surface area contributed by atoms with Crippen LogP contribution in [-0.2, 0) is 11.2 Å². The zero-order valence-corrected chi connectivity index (χ0v) is 17.7. The van der Waals surface area contributed by atoms with Crippen LogP contribution in [0, 0.1) is 5.92 Å². The Morgan fingerprint density at radius 2 is 2.12 bits per heavy atom. The number of nitrogens with one attached hydrogen (secondary N) is 1. The minimum absolute atomic E-state index is 0. The molecule has 0 atom stereocenters. The molecule has 0 unspecified atom stereocenters. The minimum Gasteiger partial charge on any atom is -0.379 e. The molecule has 1 saturated carbocycles. The standard InChI is InChI=1S/C18H28ClN3O.HI/c1-20-18(22(2)12-13-23-14-15-9-10-15)21-11-5-7-16-6-3-4-8-17(16)19;/h3-4,6,8,15H,5,7,9-14H2,1-2H3,(H,20,21);1H. The van der Waals surface area contributed by atoms with Crippen LogP contribution in [0.25, 0.3) is 0 Å². The van der Waals surface area contributed by atoms with E-state index in [1.165, 1.54) is 18.4 Å². The Labute approximate surface area is 168 Å². The van der Waals surface area contributed by atoms with Gasteiger partial charge in [-0.3, -0.25) is 4.99 Å². The van der Waals surface area contributed by atoms with Gasteiger partial charge in [-0.2, -0.15) is 0 Å². The van der Waals surface area contributed by atoms with Crippen molar-refractivity contribution in [3.63, 3.8) is 0 Å². The third kappa shape index (κ3) is 8.03. The SMILES string of the molecule is CN=C(NCCCc1ccccc1Cl)N(C)CCOCC1CC1.I. The van der Waals surface area contributed by atoms with E-state index in [-0.39, 0.29) is 24.0 Å². The van der Waals surface area contributed by atoms with Crippen molar-refractivity contribution in [1.82, 2.24) is 10.2 Å². The first-order chi connectivity index (χ1) is 11.2. The number of nitrogens with zero attached hydrogens (tertiary/aromatic N) is 2. The number of ether oxygens (including phenoxy) is 1. The molecule has 6 heteroatoms. The van der Waals surface area contributed by atoms with Gasteiger partial charge in [-0.1, -0.05) is 29.8 Å². The summed E-state index contributed by atoms with van der Waals surface area (Å²) < 4.78 is 5.68. The topological polar surface area (TPSA) is 36.9 Å². The second-order valence-corrected chi connectivity index (χ2v) is 6.52. The average molecular weight is 466 g/mol. The maximum atomic E-state index is 6.17. The Morgan fingerprint density at radius 1 is 1.38 bits per heavy atom. The van der Waals surface area contributed by atoms with Gasteiger partial charge in [0.15, 0.2) is 5.96 Å². The number of rotatable bonds is 9. The molecule has 1 N–H and O–H groups in total. The molecule has 0 spiro atoms. The van der Waals surface area contributed by atoms with Crippen molar-refractivity contribution in [1.29, 1.82) is 0 Å². The fourth-order valence-electron chi connectivity index (χ4n) is 2.41. The van der Waals surface area contributed by atoms with Crippen LogP contribution in [0.2, 0.25) is 5.02 Å². The number of aliphatic imine (C=N–C) groups is 1. The summed E-state index contributed by atoms with van der Waals surface area (Å²) >= 11 is 6.17. The van der Waals surface area contributed by atoms with E-state index in [0.717, 1.165) is 56.0 Å². The maximum Gasteiger partial charge on any atom is 0.193 e. The van der Waals surface area contributed by atoms with E-state index in [1.807, 2.05) is 32.3 Å². The molecule has 24 heavy (non-hydrogen) atoms. The highest BCUT2D eigenvalue weighted by Gasteiger charge is 2.21. The highest BCUT2D eigenvalue weighted by Crippen LogP contribution is 2.28. The molecule has 1 aliphatic carbocycles. The van der Waals surface area contributed by atoms with Crippen LogP contribution in [0.1, 0.15) is 24.8 Å². The summed E-state index contributed by atoms with van der Waals surface area (Å²) in [6, 6.07) is 8.02.